The second-order valence-electron chi connectivity index (χ2n) is 6.11. The Hall–Kier alpha value is -1.92. The molecule has 1 aromatic heterocycles. The average Bonchev–Trinajstić information content (AvgIpc) is 2.53. The van der Waals surface area contributed by atoms with Crippen molar-refractivity contribution in [2.24, 2.45) is 0 Å². The zero-order chi connectivity index (χ0) is 18.5. The average molecular weight is 427 g/mol. The largest absolute Gasteiger partial charge is 0.480 e. The molecule has 0 radical (unpaired) electrons. The lowest BCUT2D eigenvalue weighted by atomic mass is 9.99. The van der Waals surface area contributed by atoms with Gasteiger partial charge in [-0.15, -0.1) is 0 Å². The fraction of sp³-hybridized carbons (Fsp3) is 0.222. The molecule has 0 amide bonds. The third kappa shape index (κ3) is 2.93. The highest BCUT2D eigenvalue weighted by molar-refractivity contribution is 9.10. The van der Waals surface area contributed by atoms with E-state index in [0.717, 1.165) is 0 Å². The first-order valence-corrected chi connectivity index (χ1v) is 8.75. The molecule has 0 aliphatic rings. The summed E-state index contributed by atoms with van der Waals surface area (Å²) in [6.45, 7) is 3.28. The van der Waals surface area contributed by atoms with Crippen LogP contribution in [0, 0.1) is 5.82 Å². The smallest absolute Gasteiger partial charge is 0.323 e. The minimum Gasteiger partial charge on any atom is -0.480 e. The molecular weight excluding hydrogens is 413 g/mol. The lowest BCUT2D eigenvalue weighted by molar-refractivity contribution is -0.137. The van der Waals surface area contributed by atoms with Gasteiger partial charge in [-0.1, -0.05) is 25.4 Å². The third-order valence-corrected chi connectivity index (χ3v) is 5.50. The van der Waals surface area contributed by atoms with E-state index in [9.17, 15) is 19.1 Å². The van der Waals surface area contributed by atoms with Crippen LogP contribution < -0.4 is 5.43 Å². The second kappa shape index (κ2) is 6.42. The quantitative estimate of drug-likeness (QED) is 0.605. The molecule has 3 aromatic rings. The highest BCUT2D eigenvalue weighted by atomic mass is 79.9. The number of benzene rings is 2. The van der Waals surface area contributed by atoms with Crippen LogP contribution in [0.4, 0.5) is 4.39 Å². The van der Waals surface area contributed by atoms with Crippen LogP contribution >= 0.6 is 27.5 Å². The topological polar surface area (TPSA) is 59.3 Å². The number of aromatic nitrogens is 1. The van der Waals surface area contributed by atoms with Gasteiger partial charge in [0.15, 0.2) is 5.43 Å². The molecule has 3 rings (SSSR count). The van der Waals surface area contributed by atoms with Crippen LogP contribution in [0.1, 0.15) is 25.3 Å². The van der Waals surface area contributed by atoms with Gasteiger partial charge < -0.3 is 9.67 Å². The van der Waals surface area contributed by atoms with Gasteiger partial charge in [-0.05, 0) is 51.7 Å². The molecule has 4 nitrogen and oxygen atoms in total. The molecule has 1 heterocycles. The Morgan fingerprint density at radius 2 is 2.00 bits per heavy atom. The number of pyridine rings is 1. The Morgan fingerprint density at radius 3 is 2.60 bits per heavy atom. The number of carboxylic acids is 1. The lowest BCUT2D eigenvalue weighted by Gasteiger charge is -2.17. The van der Waals surface area contributed by atoms with Crippen LogP contribution in [0.15, 0.2) is 33.5 Å². The zero-order valence-electron chi connectivity index (χ0n) is 13.4. The summed E-state index contributed by atoms with van der Waals surface area (Å²) in [5, 5.41) is 10.1. The van der Waals surface area contributed by atoms with Crippen LogP contribution in [0.2, 0.25) is 5.02 Å². The van der Waals surface area contributed by atoms with E-state index in [0.29, 0.717) is 26.1 Å². The first-order chi connectivity index (χ1) is 11.7. The molecule has 0 fully saturated rings. The Balaban J connectivity index is 2.62. The number of rotatable bonds is 3. The molecule has 7 heteroatoms. The van der Waals surface area contributed by atoms with E-state index in [4.69, 9.17) is 11.6 Å². The van der Waals surface area contributed by atoms with Crippen molar-refractivity contribution in [2.75, 3.05) is 0 Å². The number of aliphatic carboxylic acids is 1. The molecule has 0 spiro atoms. The Bertz CT molecular complexity index is 1090. The standard InChI is InChI=1S/C18H14BrClFNO3/c1-8(2)10-6-14-11(5-13(10)21)18(25)9-3-4-12(20)16(19)17(9)22(14)7-15(23)24/h3-6,8H,7H2,1-2H3,(H,23,24). The number of nitrogens with zero attached hydrogens (tertiary/aromatic N) is 1. The molecule has 2 aromatic carbocycles. The van der Waals surface area contributed by atoms with Crippen LogP contribution in [0.5, 0.6) is 0 Å². The van der Waals surface area contributed by atoms with Gasteiger partial charge in [-0.3, -0.25) is 9.59 Å². The molecule has 25 heavy (non-hydrogen) atoms. The van der Waals surface area contributed by atoms with Crippen LogP contribution in [-0.4, -0.2) is 15.6 Å². The molecule has 0 atom stereocenters. The molecule has 130 valence electrons. The van der Waals surface area contributed by atoms with Crippen molar-refractivity contribution in [1.82, 2.24) is 4.57 Å². The summed E-state index contributed by atoms with van der Waals surface area (Å²) < 4.78 is 16.3. The highest BCUT2D eigenvalue weighted by Crippen LogP contribution is 2.33. The number of carbonyl (C=O) groups is 1. The number of fused-ring (bicyclic) bond motifs is 2. The molecule has 0 bridgehead atoms. The van der Waals surface area contributed by atoms with E-state index >= 15 is 0 Å². The van der Waals surface area contributed by atoms with Gasteiger partial charge in [0, 0.05) is 10.8 Å². The minimum absolute atomic E-state index is 0.115. The van der Waals surface area contributed by atoms with E-state index in [1.165, 1.54) is 16.7 Å². The minimum atomic E-state index is -1.08. The molecule has 0 aliphatic heterocycles. The fourth-order valence-electron chi connectivity index (χ4n) is 2.98. The number of hydrogen-bond donors (Lipinski definition) is 1. The van der Waals surface area contributed by atoms with Gasteiger partial charge in [-0.2, -0.15) is 0 Å². The Kier molecular flexibility index (Phi) is 4.60. The maximum atomic E-state index is 14.4. The summed E-state index contributed by atoms with van der Waals surface area (Å²) in [6.07, 6.45) is 0. The van der Waals surface area contributed by atoms with Gasteiger partial charge in [0.05, 0.1) is 20.5 Å². The maximum Gasteiger partial charge on any atom is 0.323 e. The SMILES string of the molecule is CC(C)c1cc2c(cc1F)c(=O)c1ccc(Cl)c(Br)c1n2CC(=O)O. The van der Waals surface area contributed by atoms with E-state index in [2.05, 4.69) is 15.9 Å². The van der Waals surface area contributed by atoms with Gasteiger partial charge in [0.2, 0.25) is 0 Å². The normalized spacial score (nSPS) is 11.6. The van der Waals surface area contributed by atoms with E-state index < -0.39 is 11.8 Å². The van der Waals surface area contributed by atoms with Crippen LogP contribution in [-0.2, 0) is 11.3 Å². The van der Waals surface area contributed by atoms with Gasteiger partial charge in [0.1, 0.15) is 12.4 Å². The number of halogens is 3. The first-order valence-electron chi connectivity index (χ1n) is 7.57. The van der Waals surface area contributed by atoms with Gasteiger partial charge in [0.25, 0.3) is 0 Å². The molecule has 0 unspecified atom stereocenters. The lowest BCUT2D eigenvalue weighted by Crippen LogP contribution is -2.17. The number of carboxylic acid groups (broad SMARTS) is 1. The summed E-state index contributed by atoms with van der Waals surface area (Å²) >= 11 is 9.48. The maximum absolute atomic E-state index is 14.4. The molecular formula is C18H14BrClFNO3. The molecule has 0 saturated heterocycles. The van der Waals surface area contributed by atoms with Crippen LogP contribution in [0.3, 0.4) is 0 Å². The third-order valence-electron chi connectivity index (χ3n) is 4.15. The summed E-state index contributed by atoms with van der Waals surface area (Å²) in [5.41, 5.74) is 0.809. The molecule has 0 aliphatic carbocycles. The van der Waals surface area contributed by atoms with Crippen molar-refractivity contribution in [2.45, 2.75) is 26.3 Å². The summed E-state index contributed by atoms with van der Waals surface area (Å²) in [5.74, 6) is -1.67. The van der Waals surface area contributed by atoms with E-state index in [-0.39, 0.29) is 28.7 Å². The first kappa shape index (κ1) is 17.9. The van der Waals surface area contributed by atoms with Gasteiger partial charge in [-0.25, -0.2) is 4.39 Å². The molecule has 0 saturated carbocycles. The monoisotopic (exact) mass is 425 g/mol. The van der Waals surface area contributed by atoms with Crippen molar-refractivity contribution in [3.63, 3.8) is 0 Å². The van der Waals surface area contributed by atoms with Crippen LogP contribution in [0.25, 0.3) is 21.8 Å². The predicted octanol–water partition coefficient (Wildman–Crippen LogP) is 4.92. The Labute approximate surface area is 156 Å². The summed E-state index contributed by atoms with van der Waals surface area (Å²) in [6, 6.07) is 5.81. The number of hydrogen-bond acceptors (Lipinski definition) is 2. The van der Waals surface area contributed by atoms with Crippen molar-refractivity contribution in [3.05, 3.63) is 55.4 Å². The van der Waals surface area contributed by atoms with Gasteiger partial charge >= 0.3 is 5.97 Å². The molecule has 1 N–H and O–H groups in total. The van der Waals surface area contributed by atoms with Crippen molar-refractivity contribution in [1.29, 1.82) is 0 Å². The van der Waals surface area contributed by atoms with Crippen molar-refractivity contribution in [3.8, 4) is 0 Å². The summed E-state index contributed by atoms with van der Waals surface area (Å²) in [4.78, 5) is 24.2. The summed E-state index contributed by atoms with van der Waals surface area (Å²) in [7, 11) is 0. The highest BCUT2D eigenvalue weighted by Gasteiger charge is 2.19. The predicted molar refractivity (Wildman–Crippen MR) is 100 cm³/mol. The van der Waals surface area contributed by atoms with E-state index in [1.807, 2.05) is 13.8 Å². The van der Waals surface area contributed by atoms with E-state index in [1.54, 1.807) is 12.1 Å². The zero-order valence-corrected chi connectivity index (χ0v) is 15.8. The second-order valence-corrected chi connectivity index (χ2v) is 7.31. The van der Waals surface area contributed by atoms with Crippen molar-refractivity contribution < 1.29 is 14.3 Å². The van der Waals surface area contributed by atoms with Crippen molar-refractivity contribution >= 4 is 55.3 Å². The fourth-order valence-corrected chi connectivity index (χ4v) is 3.69. The Morgan fingerprint density at radius 1 is 1.32 bits per heavy atom.